The highest BCUT2D eigenvalue weighted by Gasteiger charge is 2.18. The van der Waals surface area contributed by atoms with Crippen molar-refractivity contribution in [3.8, 4) is 0 Å². The average molecular weight is 273 g/mol. The van der Waals surface area contributed by atoms with Gasteiger partial charge in [-0.15, -0.1) is 0 Å². The first-order valence-electron chi connectivity index (χ1n) is 7.07. The number of carbonyl (C=O) groups is 1. The van der Waals surface area contributed by atoms with Crippen LogP contribution in [0.5, 0.6) is 0 Å². The van der Waals surface area contributed by atoms with Crippen LogP contribution in [0.25, 0.3) is 10.9 Å². The van der Waals surface area contributed by atoms with Gasteiger partial charge in [-0.2, -0.15) is 5.10 Å². The summed E-state index contributed by atoms with van der Waals surface area (Å²) in [7, 11) is 1.85. The molecule has 1 aliphatic rings. The van der Waals surface area contributed by atoms with Crippen LogP contribution in [-0.2, 0) is 11.8 Å². The van der Waals surface area contributed by atoms with Gasteiger partial charge in [0.15, 0.2) is 5.69 Å². The minimum Gasteiger partial charge on any atom is -0.376 e. The Hall–Kier alpha value is -1.88. The normalized spacial score (nSPS) is 19.1. The molecule has 5 nitrogen and oxygen atoms in total. The van der Waals surface area contributed by atoms with Crippen LogP contribution in [0.2, 0.25) is 0 Å². The van der Waals surface area contributed by atoms with E-state index in [1.54, 1.807) is 4.68 Å². The van der Waals surface area contributed by atoms with E-state index in [2.05, 4.69) is 10.4 Å². The first kappa shape index (κ1) is 13.1. The van der Waals surface area contributed by atoms with Gasteiger partial charge in [-0.3, -0.25) is 9.48 Å². The van der Waals surface area contributed by atoms with Gasteiger partial charge >= 0.3 is 0 Å². The largest absolute Gasteiger partial charge is 0.376 e. The Labute approximate surface area is 117 Å². The summed E-state index contributed by atoms with van der Waals surface area (Å²) in [4.78, 5) is 12.3. The first-order valence-corrected chi connectivity index (χ1v) is 7.07. The van der Waals surface area contributed by atoms with Gasteiger partial charge < -0.3 is 10.1 Å². The number of aromatic nitrogens is 2. The summed E-state index contributed by atoms with van der Waals surface area (Å²) in [5.74, 6) is -0.129. The van der Waals surface area contributed by atoms with Gasteiger partial charge in [0.1, 0.15) is 0 Å². The quantitative estimate of drug-likeness (QED) is 0.929. The topological polar surface area (TPSA) is 56.2 Å². The van der Waals surface area contributed by atoms with E-state index in [0.717, 1.165) is 30.4 Å². The molecule has 1 aromatic heterocycles. The zero-order valence-corrected chi connectivity index (χ0v) is 11.6. The number of carbonyl (C=O) groups excluding carboxylic acids is 1. The van der Waals surface area contributed by atoms with Crippen LogP contribution in [0.15, 0.2) is 24.3 Å². The first-order chi connectivity index (χ1) is 9.75. The lowest BCUT2D eigenvalue weighted by Gasteiger charge is -2.22. The third kappa shape index (κ3) is 2.54. The smallest absolute Gasteiger partial charge is 0.272 e. The number of rotatable bonds is 3. The molecule has 0 saturated carbocycles. The van der Waals surface area contributed by atoms with Gasteiger partial charge in [-0.05, 0) is 25.3 Å². The van der Waals surface area contributed by atoms with E-state index in [0.29, 0.717) is 12.2 Å². The summed E-state index contributed by atoms with van der Waals surface area (Å²) in [6.07, 6.45) is 3.45. The fourth-order valence-corrected chi connectivity index (χ4v) is 2.64. The lowest BCUT2D eigenvalue weighted by atomic mass is 10.1. The summed E-state index contributed by atoms with van der Waals surface area (Å²) >= 11 is 0. The number of ether oxygens (including phenoxy) is 1. The molecule has 5 heteroatoms. The predicted octanol–water partition coefficient (Wildman–Crippen LogP) is 1.87. The van der Waals surface area contributed by atoms with Crippen molar-refractivity contribution in [1.29, 1.82) is 0 Å². The molecule has 0 radical (unpaired) electrons. The molecule has 1 N–H and O–H groups in total. The van der Waals surface area contributed by atoms with Crippen molar-refractivity contribution in [1.82, 2.24) is 15.1 Å². The summed E-state index contributed by atoms with van der Waals surface area (Å²) < 4.78 is 7.35. The molecular weight excluding hydrogens is 254 g/mol. The van der Waals surface area contributed by atoms with Gasteiger partial charge in [0.25, 0.3) is 5.91 Å². The molecule has 3 rings (SSSR count). The molecule has 2 heterocycles. The van der Waals surface area contributed by atoms with E-state index < -0.39 is 0 Å². The van der Waals surface area contributed by atoms with Gasteiger partial charge in [0.2, 0.25) is 0 Å². The van der Waals surface area contributed by atoms with Crippen molar-refractivity contribution in [2.24, 2.45) is 7.05 Å². The second-order valence-electron chi connectivity index (χ2n) is 5.19. The fourth-order valence-electron chi connectivity index (χ4n) is 2.64. The number of hydrogen-bond acceptors (Lipinski definition) is 3. The third-order valence-electron chi connectivity index (χ3n) is 3.74. The fraction of sp³-hybridized carbons (Fsp3) is 0.467. The third-order valence-corrected chi connectivity index (χ3v) is 3.74. The maximum atomic E-state index is 12.3. The molecule has 1 atom stereocenters. The van der Waals surface area contributed by atoms with Gasteiger partial charge in [-0.1, -0.05) is 18.2 Å². The summed E-state index contributed by atoms with van der Waals surface area (Å²) in [5, 5.41) is 8.14. The van der Waals surface area contributed by atoms with E-state index in [-0.39, 0.29) is 12.0 Å². The Kier molecular flexibility index (Phi) is 3.69. The predicted molar refractivity (Wildman–Crippen MR) is 76.6 cm³/mol. The highest BCUT2D eigenvalue weighted by molar-refractivity contribution is 6.04. The molecule has 106 valence electrons. The minimum atomic E-state index is -0.129. The number of nitrogens with one attached hydrogen (secondary N) is 1. The second-order valence-corrected chi connectivity index (χ2v) is 5.19. The summed E-state index contributed by atoms with van der Waals surface area (Å²) in [6.45, 7) is 1.36. The number of benzene rings is 1. The van der Waals surface area contributed by atoms with Crippen LogP contribution in [0.3, 0.4) is 0 Å². The van der Waals surface area contributed by atoms with Crippen LogP contribution in [0, 0.1) is 0 Å². The number of fused-ring (bicyclic) bond motifs is 1. The lowest BCUT2D eigenvalue weighted by molar-refractivity contribution is 0.0168. The Morgan fingerprint density at radius 2 is 2.30 bits per heavy atom. The standard InChI is InChI=1S/C15H19N3O2/c1-18-13-8-3-2-7-12(13)14(17-18)15(19)16-10-11-6-4-5-9-20-11/h2-3,7-8,11H,4-6,9-10H2,1H3,(H,16,19). The van der Waals surface area contributed by atoms with Gasteiger partial charge in [0.05, 0.1) is 11.6 Å². The Morgan fingerprint density at radius 3 is 3.10 bits per heavy atom. The maximum Gasteiger partial charge on any atom is 0.272 e. The molecule has 0 bridgehead atoms. The van der Waals surface area contributed by atoms with Crippen LogP contribution < -0.4 is 5.32 Å². The molecule has 1 fully saturated rings. The monoisotopic (exact) mass is 273 g/mol. The van der Waals surface area contributed by atoms with E-state index >= 15 is 0 Å². The molecule has 1 amide bonds. The van der Waals surface area contributed by atoms with Crippen LogP contribution >= 0.6 is 0 Å². The molecule has 0 spiro atoms. The van der Waals surface area contributed by atoms with Crippen molar-refractivity contribution >= 4 is 16.8 Å². The SMILES string of the molecule is Cn1nc(C(=O)NCC2CCCCO2)c2ccccc21. The van der Waals surface area contributed by atoms with Crippen molar-refractivity contribution in [3.05, 3.63) is 30.0 Å². The summed E-state index contributed by atoms with van der Waals surface area (Å²) in [5.41, 5.74) is 1.45. The molecule has 20 heavy (non-hydrogen) atoms. The Morgan fingerprint density at radius 1 is 1.45 bits per heavy atom. The highest BCUT2D eigenvalue weighted by atomic mass is 16.5. The number of aryl methyl sites for hydroxylation is 1. The number of amides is 1. The van der Waals surface area contributed by atoms with Gasteiger partial charge in [-0.25, -0.2) is 0 Å². The average Bonchev–Trinajstić information content (AvgIpc) is 2.84. The van der Waals surface area contributed by atoms with E-state index in [4.69, 9.17) is 4.74 Å². The number of hydrogen-bond donors (Lipinski definition) is 1. The summed E-state index contributed by atoms with van der Waals surface area (Å²) in [6, 6.07) is 7.75. The molecular formula is C15H19N3O2. The van der Waals surface area contributed by atoms with Crippen molar-refractivity contribution < 1.29 is 9.53 Å². The number of nitrogens with zero attached hydrogens (tertiary/aromatic N) is 2. The van der Waals surface area contributed by atoms with Crippen LogP contribution in [0.4, 0.5) is 0 Å². The van der Waals surface area contributed by atoms with E-state index in [1.807, 2.05) is 31.3 Å². The van der Waals surface area contributed by atoms with Gasteiger partial charge in [0, 0.05) is 25.6 Å². The zero-order chi connectivity index (χ0) is 13.9. The number of para-hydroxylation sites is 1. The van der Waals surface area contributed by atoms with E-state index in [1.165, 1.54) is 6.42 Å². The van der Waals surface area contributed by atoms with Crippen LogP contribution in [-0.4, -0.2) is 34.9 Å². The molecule has 1 saturated heterocycles. The van der Waals surface area contributed by atoms with Crippen LogP contribution in [0.1, 0.15) is 29.8 Å². The zero-order valence-electron chi connectivity index (χ0n) is 11.6. The maximum absolute atomic E-state index is 12.3. The lowest BCUT2D eigenvalue weighted by Crippen LogP contribution is -2.35. The van der Waals surface area contributed by atoms with E-state index in [9.17, 15) is 4.79 Å². The van der Waals surface area contributed by atoms with Crippen molar-refractivity contribution in [3.63, 3.8) is 0 Å². The molecule has 1 unspecified atom stereocenters. The molecule has 1 aromatic carbocycles. The van der Waals surface area contributed by atoms with Crippen molar-refractivity contribution in [2.45, 2.75) is 25.4 Å². The minimum absolute atomic E-state index is 0.129. The molecule has 1 aliphatic heterocycles. The molecule has 0 aliphatic carbocycles. The second kappa shape index (κ2) is 5.63. The highest BCUT2D eigenvalue weighted by Crippen LogP contribution is 2.17. The molecule has 2 aromatic rings. The van der Waals surface area contributed by atoms with Crippen molar-refractivity contribution in [2.75, 3.05) is 13.2 Å². The Bertz CT molecular complexity index is 615. The Balaban J connectivity index is 1.72.